The molecule has 3 aromatic rings. The second kappa shape index (κ2) is 8.08. The molecule has 0 bridgehead atoms. The number of halogens is 1. The molecule has 0 saturated carbocycles. The van der Waals surface area contributed by atoms with E-state index in [9.17, 15) is 9.18 Å². The van der Waals surface area contributed by atoms with Crippen molar-refractivity contribution in [3.8, 4) is 11.5 Å². The van der Waals surface area contributed by atoms with Crippen molar-refractivity contribution in [1.82, 2.24) is 20.3 Å². The van der Waals surface area contributed by atoms with Crippen molar-refractivity contribution in [1.29, 1.82) is 0 Å². The monoisotopic (exact) mass is 382 g/mol. The Balaban J connectivity index is 1.25. The molecule has 1 atom stereocenters. The van der Waals surface area contributed by atoms with Gasteiger partial charge >= 0.3 is 0 Å². The van der Waals surface area contributed by atoms with Crippen molar-refractivity contribution in [3.05, 3.63) is 71.8 Å². The van der Waals surface area contributed by atoms with Gasteiger partial charge in [-0.3, -0.25) is 4.79 Å². The van der Waals surface area contributed by atoms with Gasteiger partial charge in [-0.05, 0) is 29.8 Å². The summed E-state index contributed by atoms with van der Waals surface area (Å²) in [6.45, 7) is 1.29. The van der Waals surface area contributed by atoms with E-state index in [0.717, 1.165) is 11.3 Å². The highest BCUT2D eigenvalue weighted by molar-refractivity contribution is 5.91. The van der Waals surface area contributed by atoms with Crippen LogP contribution in [0.25, 0.3) is 0 Å². The number of hydrogen-bond acceptors (Lipinski definition) is 5. The lowest BCUT2D eigenvalue weighted by Gasteiger charge is -2.26. The standard InChI is InChI=1S/C20H19FN4O3/c21-15-7-5-14(6-8-15)11-25-12-17(23-24-25)20(26)22-10-9-16-13-27-18-3-1-2-4-19(18)28-16/h1-8,12,16H,9-11,13H2,(H,22,26)/t16-/m0/s1. The van der Waals surface area contributed by atoms with Gasteiger partial charge in [0.15, 0.2) is 17.2 Å². The van der Waals surface area contributed by atoms with E-state index in [1.165, 1.54) is 16.8 Å². The molecule has 4 rings (SSSR count). The molecule has 0 unspecified atom stereocenters. The number of nitrogens with one attached hydrogen (secondary N) is 1. The average Bonchev–Trinajstić information content (AvgIpc) is 3.18. The van der Waals surface area contributed by atoms with Gasteiger partial charge in [0.2, 0.25) is 0 Å². The van der Waals surface area contributed by atoms with Crippen LogP contribution in [0.1, 0.15) is 22.5 Å². The van der Waals surface area contributed by atoms with Gasteiger partial charge in [0.05, 0.1) is 12.7 Å². The Kier molecular flexibility index (Phi) is 5.18. The number of ether oxygens (including phenoxy) is 2. The number of fused-ring (bicyclic) bond motifs is 1. The summed E-state index contributed by atoms with van der Waals surface area (Å²) in [4.78, 5) is 12.2. The first-order valence-corrected chi connectivity index (χ1v) is 8.98. The number of hydrogen-bond donors (Lipinski definition) is 1. The second-order valence-electron chi connectivity index (χ2n) is 6.47. The summed E-state index contributed by atoms with van der Waals surface area (Å²) in [7, 11) is 0. The van der Waals surface area contributed by atoms with Crippen molar-refractivity contribution in [2.24, 2.45) is 0 Å². The Morgan fingerprint density at radius 2 is 1.96 bits per heavy atom. The number of carbonyl (C=O) groups is 1. The minimum atomic E-state index is -0.303. The zero-order chi connectivity index (χ0) is 19.3. The highest BCUT2D eigenvalue weighted by atomic mass is 19.1. The van der Waals surface area contributed by atoms with Crippen molar-refractivity contribution in [2.75, 3.05) is 13.2 Å². The topological polar surface area (TPSA) is 78.3 Å². The highest BCUT2D eigenvalue weighted by Gasteiger charge is 2.20. The molecule has 1 aliphatic heterocycles. The SMILES string of the molecule is O=C(NCC[C@H]1COc2ccccc2O1)c1cn(Cc2ccc(F)cc2)nn1. The van der Waals surface area contributed by atoms with Crippen LogP contribution < -0.4 is 14.8 Å². The van der Waals surface area contributed by atoms with Crippen LogP contribution in [0.2, 0.25) is 0 Å². The molecule has 28 heavy (non-hydrogen) atoms. The summed E-state index contributed by atoms with van der Waals surface area (Å²) in [6, 6.07) is 13.6. The van der Waals surface area contributed by atoms with Gasteiger partial charge in [0, 0.05) is 13.0 Å². The van der Waals surface area contributed by atoms with Gasteiger partial charge in [0.1, 0.15) is 18.5 Å². The maximum atomic E-state index is 13.0. The number of amides is 1. The maximum Gasteiger partial charge on any atom is 0.273 e. The molecule has 0 aliphatic carbocycles. The number of benzene rings is 2. The second-order valence-corrected chi connectivity index (χ2v) is 6.47. The van der Waals surface area contributed by atoms with E-state index in [1.807, 2.05) is 24.3 Å². The zero-order valence-electron chi connectivity index (χ0n) is 15.0. The molecule has 0 fully saturated rings. The average molecular weight is 382 g/mol. The van der Waals surface area contributed by atoms with E-state index in [-0.39, 0.29) is 23.5 Å². The molecule has 144 valence electrons. The molecule has 8 heteroatoms. The number of para-hydroxylation sites is 2. The van der Waals surface area contributed by atoms with Crippen molar-refractivity contribution >= 4 is 5.91 Å². The fourth-order valence-corrected chi connectivity index (χ4v) is 2.90. The van der Waals surface area contributed by atoms with Crippen LogP contribution in [0.15, 0.2) is 54.7 Å². The normalized spacial score (nSPS) is 15.2. The first kappa shape index (κ1) is 18.0. The number of nitrogens with zero attached hydrogens (tertiary/aromatic N) is 3. The Morgan fingerprint density at radius 3 is 2.79 bits per heavy atom. The van der Waals surface area contributed by atoms with Gasteiger partial charge < -0.3 is 14.8 Å². The molecule has 2 aromatic carbocycles. The molecular weight excluding hydrogens is 363 g/mol. The third kappa shape index (κ3) is 4.28. The van der Waals surface area contributed by atoms with Crippen molar-refractivity contribution in [2.45, 2.75) is 19.1 Å². The quantitative estimate of drug-likeness (QED) is 0.708. The van der Waals surface area contributed by atoms with Crippen molar-refractivity contribution in [3.63, 3.8) is 0 Å². The van der Waals surface area contributed by atoms with E-state index in [0.29, 0.717) is 31.9 Å². The molecule has 1 amide bonds. The zero-order valence-corrected chi connectivity index (χ0v) is 15.0. The van der Waals surface area contributed by atoms with Crippen LogP contribution in [0.3, 0.4) is 0 Å². The van der Waals surface area contributed by atoms with Crippen molar-refractivity contribution < 1.29 is 18.7 Å². The van der Waals surface area contributed by atoms with E-state index in [1.54, 1.807) is 18.3 Å². The molecule has 1 aromatic heterocycles. The minimum absolute atomic E-state index is 0.121. The largest absolute Gasteiger partial charge is 0.486 e. The molecule has 0 radical (unpaired) electrons. The maximum absolute atomic E-state index is 13.0. The smallest absolute Gasteiger partial charge is 0.273 e. The molecule has 1 aliphatic rings. The first-order chi connectivity index (χ1) is 13.7. The Bertz CT molecular complexity index is 958. The Morgan fingerprint density at radius 1 is 1.18 bits per heavy atom. The summed E-state index contributed by atoms with van der Waals surface area (Å²) in [6.07, 6.45) is 2.06. The van der Waals surface area contributed by atoms with Crippen LogP contribution in [0, 0.1) is 5.82 Å². The van der Waals surface area contributed by atoms with Crippen LogP contribution in [0.4, 0.5) is 4.39 Å². The van der Waals surface area contributed by atoms with E-state index >= 15 is 0 Å². The lowest BCUT2D eigenvalue weighted by molar-refractivity contribution is 0.0811. The number of carbonyl (C=O) groups excluding carboxylic acids is 1. The molecule has 1 N–H and O–H groups in total. The van der Waals surface area contributed by atoms with Gasteiger partial charge in [-0.15, -0.1) is 5.10 Å². The summed E-state index contributed by atoms with van der Waals surface area (Å²) >= 11 is 0. The van der Waals surface area contributed by atoms with Gasteiger partial charge in [-0.25, -0.2) is 9.07 Å². The van der Waals surface area contributed by atoms with E-state index < -0.39 is 0 Å². The van der Waals surface area contributed by atoms with Gasteiger partial charge in [-0.1, -0.05) is 29.5 Å². The summed E-state index contributed by atoms with van der Waals surface area (Å²) in [5.74, 6) is 0.857. The lowest BCUT2D eigenvalue weighted by Crippen LogP contribution is -2.34. The molecule has 0 spiro atoms. The van der Waals surface area contributed by atoms with E-state index in [4.69, 9.17) is 9.47 Å². The lowest BCUT2D eigenvalue weighted by atomic mass is 10.2. The summed E-state index contributed by atoms with van der Waals surface area (Å²) < 4.78 is 26.0. The van der Waals surface area contributed by atoms with Crippen LogP contribution in [-0.4, -0.2) is 40.2 Å². The Labute approximate surface area is 161 Å². The fourth-order valence-electron chi connectivity index (χ4n) is 2.90. The molecule has 7 nitrogen and oxygen atoms in total. The molecule has 0 saturated heterocycles. The summed E-state index contributed by atoms with van der Waals surface area (Å²) in [5, 5.41) is 10.7. The summed E-state index contributed by atoms with van der Waals surface area (Å²) in [5.41, 5.74) is 1.10. The molecule has 2 heterocycles. The minimum Gasteiger partial charge on any atom is -0.486 e. The van der Waals surface area contributed by atoms with Gasteiger partial charge in [0.25, 0.3) is 5.91 Å². The van der Waals surface area contributed by atoms with Crippen LogP contribution >= 0.6 is 0 Å². The number of rotatable bonds is 6. The number of aromatic nitrogens is 3. The molecular formula is C20H19FN4O3. The van der Waals surface area contributed by atoms with Gasteiger partial charge in [-0.2, -0.15) is 0 Å². The van der Waals surface area contributed by atoms with Crippen LogP contribution in [0.5, 0.6) is 11.5 Å². The third-order valence-corrected chi connectivity index (χ3v) is 4.35. The third-order valence-electron chi connectivity index (χ3n) is 4.35. The Hall–Kier alpha value is -3.42. The predicted molar refractivity (Wildman–Crippen MR) is 98.8 cm³/mol. The first-order valence-electron chi connectivity index (χ1n) is 8.98. The predicted octanol–water partition coefficient (Wildman–Crippen LogP) is 2.43. The highest BCUT2D eigenvalue weighted by Crippen LogP contribution is 2.31. The van der Waals surface area contributed by atoms with E-state index in [2.05, 4.69) is 15.6 Å². The van der Waals surface area contributed by atoms with Crippen LogP contribution in [-0.2, 0) is 6.54 Å². The fraction of sp³-hybridized carbons (Fsp3) is 0.250.